The normalized spacial score (nSPS) is 22.7. The second-order valence-electron chi connectivity index (χ2n) is 12.3. The molecule has 7 rings (SSSR count). The number of aromatic nitrogens is 2. The average molecular weight is 555 g/mol. The topological polar surface area (TPSA) is 94.3 Å². The van der Waals surface area contributed by atoms with Crippen LogP contribution in [0, 0.1) is 11.8 Å². The highest BCUT2D eigenvalue weighted by molar-refractivity contribution is 6.15. The summed E-state index contributed by atoms with van der Waals surface area (Å²) in [5, 5.41) is 14.9. The number of rotatable bonds is 7. The molecular formula is C32H38N6O3. The number of piperidine rings is 1. The number of nitrogens with zero attached hydrogens (tertiary/aromatic N) is 6. The van der Waals surface area contributed by atoms with Crippen LogP contribution in [0.5, 0.6) is 0 Å². The summed E-state index contributed by atoms with van der Waals surface area (Å²) < 4.78 is 1.88. The first-order valence-corrected chi connectivity index (χ1v) is 15.0. The molecule has 9 nitrogen and oxygen atoms in total. The molecule has 1 aromatic heterocycles. The number of aliphatic imine (C=N–C) groups is 1. The summed E-state index contributed by atoms with van der Waals surface area (Å²) in [6.45, 7) is 4.35. The molecule has 9 heteroatoms. The second-order valence-corrected chi connectivity index (χ2v) is 12.3. The quantitative estimate of drug-likeness (QED) is 0.485. The first-order valence-electron chi connectivity index (χ1n) is 15.0. The molecule has 214 valence electrons. The van der Waals surface area contributed by atoms with Crippen LogP contribution in [0.4, 0.5) is 0 Å². The lowest BCUT2D eigenvalue weighted by Gasteiger charge is -2.36. The summed E-state index contributed by atoms with van der Waals surface area (Å²) in [7, 11) is 1.95. The first-order chi connectivity index (χ1) is 19.9. The van der Waals surface area contributed by atoms with E-state index in [1.165, 1.54) is 0 Å². The minimum absolute atomic E-state index is 0.0919. The van der Waals surface area contributed by atoms with E-state index in [4.69, 9.17) is 4.99 Å². The highest BCUT2D eigenvalue weighted by Crippen LogP contribution is 2.37. The number of likely N-dealkylation sites (tertiary alicyclic amines) is 2. The molecule has 3 fully saturated rings. The van der Waals surface area contributed by atoms with Crippen LogP contribution in [-0.2, 0) is 16.6 Å². The molecule has 1 N–H and O–H groups in total. The second kappa shape index (κ2) is 10.4. The van der Waals surface area contributed by atoms with E-state index < -0.39 is 5.54 Å². The Kier molecular flexibility index (Phi) is 6.66. The molecule has 1 spiro atoms. The van der Waals surface area contributed by atoms with Crippen molar-refractivity contribution >= 4 is 28.6 Å². The highest BCUT2D eigenvalue weighted by atomic mass is 16.3. The molecule has 4 aliphatic rings. The lowest BCUT2D eigenvalue weighted by atomic mass is 9.87. The van der Waals surface area contributed by atoms with Crippen LogP contribution in [0.3, 0.4) is 0 Å². The van der Waals surface area contributed by atoms with Gasteiger partial charge in [0, 0.05) is 63.2 Å². The summed E-state index contributed by atoms with van der Waals surface area (Å²) >= 11 is 0. The predicted octanol–water partition coefficient (Wildman–Crippen LogP) is 2.91. The summed E-state index contributed by atoms with van der Waals surface area (Å²) in [6, 6.07) is 14.8. The molecule has 3 aliphatic heterocycles. The summed E-state index contributed by atoms with van der Waals surface area (Å²) in [5.41, 5.74) is 3.53. The van der Waals surface area contributed by atoms with Crippen molar-refractivity contribution in [3.63, 3.8) is 0 Å². The number of aliphatic hydroxyl groups excluding tert-OH is 1. The van der Waals surface area contributed by atoms with Gasteiger partial charge in [-0.1, -0.05) is 30.3 Å². The molecule has 0 radical (unpaired) electrons. The van der Waals surface area contributed by atoms with E-state index in [1.807, 2.05) is 27.7 Å². The van der Waals surface area contributed by atoms with Gasteiger partial charge in [0.05, 0.1) is 18.3 Å². The number of benzene rings is 2. The molecule has 1 unspecified atom stereocenters. The van der Waals surface area contributed by atoms with E-state index in [1.54, 1.807) is 0 Å². The van der Waals surface area contributed by atoms with Crippen molar-refractivity contribution in [3.05, 3.63) is 54.2 Å². The van der Waals surface area contributed by atoms with E-state index in [0.717, 1.165) is 78.9 Å². The van der Waals surface area contributed by atoms with Gasteiger partial charge in [-0.3, -0.25) is 24.2 Å². The van der Waals surface area contributed by atoms with Gasteiger partial charge in [0.25, 0.3) is 5.91 Å². The Morgan fingerprint density at radius 2 is 1.73 bits per heavy atom. The van der Waals surface area contributed by atoms with Gasteiger partial charge in [-0.15, -0.1) is 0 Å². The van der Waals surface area contributed by atoms with Gasteiger partial charge in [-0.05, 0) is 61.3 Å². The van der Waals surface area contributed by atoms with E-state index in [0.29, 0.717) is 31.8 Å². The SMILES string of the molecule is Cn1ncc2cc(-c3ccc(C4=NC5(CCN(CCO)CC5)C(=O)N4CC4CCN(C(=O)C5CC5)C4)cc3)ccc21. The molecule has 2 amide bonds. The van der Waals surface area contributed by atoms with Crippen molar-refractivity contribution in [2.24, 2.45) is 23.9 Å². The van der Waals surface area contributed by atoms with Crippen LogP contribution >= 0.6 is 0 Å². The predicted molar refractivity (Wildman–Crippen MR) is 157 cm³/mol. The zero-order valence-electron chi connectivity index (χ0n) is 23.7. The third kappa shape index (κ3) is 4.85. The number of carbonyl (C=O) groups is 2. The lowest BCUT2D eigenvalue weighted by Crippen LogP contribution is -2.51. The Balaban J connectivity index is 1.15. The van der Waals surface area contributed by atoms with E-state index in [9.17, 15) is 14.7 Å². The number of fused-ring (bicyclic) bond motifs is 1. The zero-order valence-corrected chi connectivity index (χ0v) is 23.7. The van der Waals surface area contributed by atoms with Gasteiger partial charge in [0.15, 0.2) is 0 Å². The summed E-state index contributed by atoms with van der Waals surface area (Å²) in [4.78, 5) is 38.2. The maximum atomic E-state index is 14.1. The van der Waals surface area contributed by atoms with Crippen LogP contribution in [0.2, 0.25) is 0 Å². The largest absolute Gasteiger partial charge is 0.395 e. The minimum Gasteiger partial charge on any atom is -0.395 e. The molecule has 1 atom stereocenters. The van der Waals surface area contributed by atoms with Crippen LogP contribution in [-0.4, -0.2) is 98.7 Å². The minimum atomic E-state index is -0.743. The van der Waals surface area contributed by atoms with E-state index in [-0.39, 0.29) is 24.3 Å². The zero-order chi connectivity index (χ0) is 28.1. The van der Waals surface area contributed by atoms with Gasteiger partial charge in [-0.2, -0.15) is 5.10 Å². The standard InChI is InChI=1S/C32H38N6O3/c1-35-28-9-8-26(18-27(28)19-33-35)23-2-4-24(5-3-23)29-34-32(11-14-36(15-12-32)16-17-39)31(41)38(29)21-22-10-13-37(20-22)30(40)25-6-7-25/h2-5,8-9,18-19,22,25,39H,6-7,10-17,20-21H2,1H3. The Labute approximate surface area is 240 Å². The molecule has 1 aliphatic carbocycles. The Hall–Kier alpha value is -3.56. The van der Waals surface area contributed by atoms with Crippen LogP contribution < -0.4 is 0 Å². The summed E-state index contributed by atoms with van der Waals surface area (Å²) in [5.74, 6) is 1.62. The maximum Gasteiger partial charge on any atom is 0.256 e. The number of amides is 2. The van der Waals surface area contributed by atoms with Crippen molar-refractivity contribution in [3.8, 4) is 11.1 Å². The van der Waals surface area contributed by atoms with Crippen molar-refractivity contribution in [2.75, 3.05) is 45.9 Å². The Bertz CT molecular complexity index is 1500. The molecular weight excluding hydrogens is 516 g/mol. The number of hydrogen-bond acceptors (Lipinski definition) is 6. The van der Waals surface area contributed by atoms with Crippen molar-refractivity contribution < 1.29 is 14.7 Å². The number of β-amino-alcohol motifs (C(OH)–C–C–N with tert-alkyl or cyclic N) is 1. The molecule has 4 heterocycles. The lowest BCUT2D eigenvalue weighted by molar-refractivity contribution is -0.133. The van der Waals surface area contributed by atoms with Crippen LogP contribution in [0.1, 0.15) is 37.7 Å². The molecule has 1 saturated carbocycles. The molecule has 2 aromatic carbocycles. The summed E-state index contributed by atoms with van der Waals surface area (Å²) in [6.07, 6.45) is 6.16. The third-order valence-electron chi connectivity index (χ3n) is 9.51. The van der Waals surface area contributed by atoms with Crippen molar-refractivity contribution in [2.45, 2.75) is 37.6 Å². The molecule has 3 aromatic rings. The van der Waals surface area contributed by atoms with Gasteiger partial charge >= 0.3 is 0 Å². The maximum absolute atomic E-state index is 14.1. The average Bonchev–Trinajstić information content (AvgIpc) is 3.55. The third-order valence-corrected chi connectivity index (χ3v) is 9.51. The molecule has 0 bridgehead atoms. The fraction of sp³-hybridized carbons (Fsp3) is 0.500. The highest BCUT2D eigenvalue weighted by Gasteiger charge is 2.50. The Morgan fingerprint density at radius 1 is 1.00 bits per heavy atom. The van der Waals surface area contributed by atoms with Crippen molar-refractivity contribution in [1.82, 2.24) is 24.5 Å². The van der Waals surface area contributed by atoms with Crippen LogP contribution in [0.15, 0.2) is 53.7 Å². The van der Waals surface area contributed by atoms with E-state index in [2.05, 4.69) is 52.5 Å². The number of amidine groups is 1. The fourth-order valence-corrected chi connectivity index (χ4v) is 6.85. The Morgan fingerprint density at radius 3 is 2.46 bits per heavy atom. The monoisotopic (exact) mass is 554 g/mol. The fourth-order valence-electron chi connectivity index (χ4n) is 6.85. The van der Waals surface area contributed by atoms with Gasteiger partial charge in [-0.25, -0.2) is 0 Å². The molecule has 2 saturated heterocycles. The first kappa shape index (κ1) is 26.3. The smallest absolute Gasteiger partial charge is 0.256 e. The van der Waals surface area contributed by atoms with Gasteiger partial charge in [0.1, 0.15) is 11.4 Å². The van der Waals surface area contributed by atoms with Crippen LogP contribution in [0.25, 0.3) is 22.0 Å². The van der Waals surface area contributed by atoms with Crippen molar-refractivity contribution in [1.29, 1.82) is 0 Å². The van der Waals surface area contributed by atoms with Gasteiger partial charge in [0.2, 0.25) is 5.91 Å². The number of aliphatic hydroxyl groups is 1. The molecule has 41 heavy (non-hydrogen) atoms. The van der Waals surface area contributed by atoms with E-state index >= 15 is 0 Å². The van der Waals surface area contributed by atoms with Gasteiger partial charge < -0.3 is 14.9 Å². The number of hydrogen-bond donors (Lipinski definition) is 1. The number of aryl methyl sites for hydroxylation is 1. The number of carbonyl (C=O) groups excluding carboxylic acids is 2.